The maximum atomic E-state index is 13.3. The van der Waals surface area contributed by atoms with E-state index in [1.54, 1.807) is 13.2 Å². The van der Waals surface area contributed by atoms with Crippen molar-refractivity contribution in [2.75, 3.05) is 20.2 Å². The number of halogens is 3. The van der Waals surface area contributed by atoms with Gasteiger partial charge in [-0.05, 0) is 38.0 Å². The van der Waals surface area contributed by atoms with Gasteiger partial charge in [0.2, 0.25) is 15.9 Å². The molecule has 0 saturated carbocycles. The molecule has 1 N–H and O–H groups in total. The summed E-state index contributed by atoms with van der Waals surface area (Å²) < 4.78 is 71.9. The Hall–Kier alpha value is -2.59. The zero-order valence-corrected chi connectivity index (χ0v) is 18.5. The zero-order chi connectivity index (χ0) is 23.5. The standard InChI is InChI=1S/C22H25F3N2O4S/c1-15(17-7-3-5-9-19(17)31-2)26-21(28)16-11-13-27(14-12-16)32(29,30)20-10-6-4-8-18(20)22(23,24)25/h3-10,15-16H,11-14H2,1-2H3,(H,26,28)/t15-/m0/s1. The van der Waals surface area contributed by atoms with Gasteiger partial charge in [-0.15, -0.1) is 0 Å². The zero-order valence-electron chi connectivity index (χ0n) is 17.7. The summed E-state index contributed by atoms with van der Waals surface area (Å²) in [5.41, 5.74) is -0.377. The predicted molar refractivity (Wildman–Crippen MR) is 112 cm³/mol. The van der Waals surface area contributed by atoms with Crippen LogP contribution >= 0.6 is 0 Å². The normalized spacial score (nSPS) is 17.0. The monoisotopic (exact) mass is 470 g/mol. The molecule has 1 aliphatic heterocycles. The number of carbonyl (C=O) groups excluding carboxylic acids is 1. The third-order valence-corrected chi connectivity index (χ3v) is 7.56. The van der Waals surface area contributed by atoms with Crippen molar-refractivity contribution in [3.63, 3.8) is 0 Å². The van der Waals surface area contributed by atoms with Crippen LogP contribution in [0.2, 0.25) is 0 Å². The van der Waals surface area contributed by atoms with Crippen molar-refractivity contribution in [1.82, 2.24) is 9.62 Å². The van der Waals surface area contributed by atoms with Crippen LogP contribution in [0.15, 0.2) is 53.4 Å². The van der Waals surface area contributed by atoms with Gasteiger partial charge in [-0.3, -0.25) is 4.79 Å². The summed E-state index contributed by atoms with van der Waals surface area (Å²) in [6.45, 7) is 1.76. The van der Waals surface area contributed by atoms with E-state index < -0.39 is 32.6 Å². The van der Waals surface area contributed by atoms with Crippen LogP contribution in [0.25, 0.3) is 0 Å². The summed E-state index contributed by atoms with van der Waals surface area (Å²) in [7, 11) is -2.79. The molecular formula is C22H25F3N2O4S. The second kappa shape index (κ2) is 9.50. The second-order valence-corrected chi connectivity index (χ2v) is 9.55. The molecule has 2 aromatic rings. The lowest BCUT2D eigenvalue weighted by molar-refractivity contribution is -0.139. The van der Waals surface area contributed by atoms with Crippen molar-refractivity contribution >= 4 is 15.9 Å². The Morgan fingerprint density at radius 1 is 1.09 bits per heavy atom. The number of nitrogens with zero attached hydrogens (tertiary/aromatic N) is 1. The number of benzene rings is 2. The fourth-order valence-corrected chi connectivity index (χ4v) is 5.54. The molecule has 1 atom stereocenters. The molecule has 1 aliphatic rings. The van der Waals surface area contributed by atoms with E-state index in [-0.39, 0.29) is 37.9 Å². The van der Waals surface area contributed by atoms with Crippen LogP contribution in [0.3, 0.4) is 0 Å². The summed E-state index contributed by atoms with van der Waals surface area (Å²) in [6.07, 6.45) is -4.34. The molecule has 6 nitrogen and oxygen atoms in total. The Balaban J connectivity index is 1.67. The van der Waals surface area contributed by atoms with Gasteiger partial charge >= 0.3 is 6.18 Å². The van der Waals surface area contributed by atoms with Crippen molar-refractivity contribution in [3.05, 3.63) is 59.7 Å². The Labute approximate surface area is 185 Å². The molecule has 2 aromatic carbocycles. The van der Waals surface area contributed by atoms with Crippen LogP contribution < -0.4 is 10.1 Å². The quantitative estimate of drug-likeness (QED) is 0.693. The largest absolute Gasteiger partial charge is 0.496 e. The number of amides is 1. The molecular weight excluding hydrogens is 445 g/mol. The lowest BCUT2D eigenvalue weighted by Crippen LogP contribution is -2.43. The van der Waals surface area contributed by atoms with Gasteiger partial charge in [0.25, 0.3) is 0 Å². The number of para-hydroxylation sites is 1. The van der Waals surface area contributed by atoms with Gasteiger partial charge < -0.3 is 10.1 Å². The van der Waals surface area contributed by atoms with Crippen molar-refractivity contribution in [2.24, 2.45) is 5.92 Å². The van der Waals surface area contributed by atoms with Crippen LogP contribution in [-0.4, -0.2) is 38.8 Å². The second-order valence-electron chi connectivity index (χ2n) is 7.64. The van der Waals surface area contributed by atoms with Crippen LogP contribution in [0, 0.1) is 5.92 Å². The minimum atomic E-state index is -4.78. The fourth-order valence-electron chi connectivity index (χ4n) is 3.86. The lowest BCUT2D eigenvalue weighted by atomic mass is 9.96. The Kier molecular flexibility index (Phi) is 7.14. The van der Waals surface area contributed by atoms with Crippen molar-refractivity contribution in [3.8, 4) is 5.75 Å². The van der Waals surface area contributed by atoms with E-state index in [4.69, 9.17) is 4.74 Å². The molecule has 0 unspecified atom stereocenters. The lowest BCUT2D eigenvalue weighted by Gasteiger charge is -2.31. The van der Waals surface area contributed by atoms with Gasteiger partial charge in [0.15, 0.2) is 0 Å². The van der Waals surface area contributed by atoms with Gasteiger partial charge in [-0.2, -0.15) is 17.5 Å². The van der Waals surface area contributed by atoms with Gasteiger partial charge in [0.1, 0.15) is 5.75 Å². The highest BCUT2D eigenvalue weighted by molar-refractivity contribution is 7.89. The highest BCUT2D eigenvalue weighted by Gasteiger charge is 2.40. The predicted octanol–water partition coefficient (Wildman–Crippen LogP) is 3.99. The molecule has 0 aromatic heterocycles. The number of piperidine rings is 1. The molecule has 10 heteroatoms. The first-order chi connectivity index (χ1) is 15.1. The van der Waals surface area contributed by atoms with E-state index in [2.05, 4.69) is 5.32 Å². The third kappa shape index (κ3) is 5.07. The summed E-state index contributed by atoms with van der Waals surface area (Å²) in [6, 6.07) is 11.1. The smallest absolute Gasteiger partial charge is 0.417 e. The number of alkyl halides is 3. The molecule has 1 amide bonds. The maximum absolute atomic E-state index is 13.3. The van der Waals surface area contributed by atoms with Crippen LogP contribution in [0.4, 0.5) is 13.2 Å². The van der Waals surface area contributed by atoms with Crippen LogP contribution in [-0.2, 0) is 21.0 Å². The summed E-state index contributed by atoms with van der Waals surface area (Å²) >= 11 is 0. The van der Waals surface area contributed by atoms with Gasteiger partial charge in [0.05, 0.1) is 23.6 Å². The highest BCUT2D eigenvalue weighted by Crippen LogP contribution is 2.36. The summed E-state index contributed by atoms with van der Waals surface area (Å²) in [5.74, 6) is -0.0165. The number of hydrogen-bond donors (Lipinski definition) is 1. The Morgan fingerprint density at radius 3 is 2.31 bits per heavy atom. The molecule has 0 radical (unpaired) electrons. The first kappa shape index (κ1) is 24.1. The van der Waals surface area contributed by atoms with E-state index in [0.717, 1.165) is 28.1 Å². The van der Waals surface area contributed by atoms with Gasteiger partial charge in [-0.1, -0.05) is 30.3 Å². The van der Waals surface area contributed by atoms with Crippen molar-refractivity contribution < 1.29 is 31.1 Å². The third-order valence-electron chi connectivity index (χ3n) is 5.60. The van der Waals surface area contributed by atoms with E-state index in [9.17, 15) is 26.4 Å². The van der Waals surface area contributed by atoms with Crippen LogP contribution in [0.5, 0.6) is 5.75 Å². The SMILES string of the molecule is COc1ccccc1[C@H](C)NC(=O)C1CCN(S(=O)(=O)c2ccccc2C(F)(F)F)CC1. The van der Waals surface area contributed by atoms with Crippen molar-refractivity contribution in [1.29, 1.82) is 0 Å². The molecule has 3 rings (SSSR count). The number of carbonyl (C=O) groups is 1. The fraction of sp³-hybridized carbons (Fsp3) is 0.409. The van der Waals surface area contributed by atoms with E-state index in [0.29, 0.717) is 5.75 Å². The topological polar surface area (TPSA) is 75.7 Å². The average Bonchev–Trinajstić information content (AvgIpc) is 2.78. The van der Waals surface area contributed by atoms with Gasteiger partial charge in [0, 0.05) is 24.6 Å². The Morgan fingerprint density at radius 2 is 1.69 bits per heavy atom. The van der Waals surface area contributed by atoms with E-state index in [1.165, 1.54) is 6.07 Å². The number of hydrogen-bond acceptors (Lipinski definition) is 4. The molecule has 32 heavy (non-hydrogen) atoms. The molecule has 1 fully saturated rings. The number of ether oxygens (including phenoxy) is 1. The Bertz CT molecular complexity index is 1060. The molecule has 0 bridgehead atoms. The molecule has 0 aliphatic carbocycles. The van der Waals surface area contributed by atoms with E-state index in [1.807, 2.05) is 25.1 Å². The van der Waals surface area contributed by atoms with Crippen LogP contribution in [0.1, 0.15) is 36.9 Å². The maximum Gasteiger partial charge on any atom is 0.417 e. The summed E-state index contributed by atoms with van der Waals surface area (Å²) in [5, 5.41) is 2.92. The minimum absolute atomic E-state index is 0.0321. The molecule has 0 spiro atoms. The highest BCUT2D eigenvalue weighted by atomic mass is 32.2. The molecule has 174 valence electrons. The number of nitrogens with one attached hydrogen (secondary N) is 1. The molecule has 1 heterocycles. The molecule has 1 saturated heterocycles. The van der Waals surface area contributed by atoms with E-state index >= 15 is 0 Å². The number of methoxy groups -OCH3 is 1. The van der Waals surface area contributed by atoms with Gasteiger partial charge in [-0.25, -0.2) is 8.42 Å². The first-order valence-electron chi connectivity index (χ1n) is 10.2. The average molecular weight is 471 g/mol. The number of rotatable bonds is 6. The summed E-state index contributed by atoms with van der Waals surface area (Å²) in [4.78, 5) is 12.0. The van der Waals surface area contributed by atoms with Crippen molar-refractivity contribution in [2.45, 2.75) is 36.9 Å². The number of sulfonamides is 1. The minimum Gasteiger partial charge on any atom is -0.496 e. The first-order valence-corrected chi connectivity index (χ1v) is 11.6.